The van der Waals surface area contributed by atoms with Crippen LogP contribution in [0.5, 0.6) is 0 Å². The second-order valence-electron chi connectivity index (χ2n) is 13.9. The summed E-state index contributed by atoms with van der Waals surface area (Å²) in [5, 5.41) is 55.3. The van der Waals surface area contributed by atoms with E-state index in [0.717, 1.165) is 0 Å². The Labute approximate surface area is 290 Å². The Morgan fingerprint density at radius 1 is 1.14 bits per heavy atom. The number of aliphatic hydroxyl groups is 3. The van der Waals surface area contributed by atoms with Crippen LogP contribution in [0, 0.1) is 32.8 Å². The summed E-state index contributed by atoms with van der Waals surface area (Å²) < 4.78 is 27.2. The van der Waals surface area contributed by atoms with Gasteiger partial charge in [0.05, 0.1) is 17.8 Å². The lowest BCUT2D eigenvalue weighted by Gasteiger charge is -2.62. The first-order chi connectivity index (χ1) is 23.9. The summed E-state index contributed by atoms with van der Waals surface area (Å²) in [7, 11) is 0. The zero-order valence-electron chi connectivity index (χ0n) is 27.8. The lowest BCUT2D eigenvalue weighted by atomic mass is 9.44. The molecular formula is C34H39FN2O14. The first kappa shape index (κ1) is 37.5. The van der Waals surface area contributed by atoms with Crippen molar-refractivity contribution in [3.8, 4) is 0 Å². The van der Waals surface area contributed by atoms with Gasteiger partial charge in [-0.25, -0.2) is 18.8 Å². The minimum absolute atomic E-state index is 0.0107. The van der Waals surface area contributed by atoms with Crippen molar-refractivity contribution in [2.24, 2.45) is 22.7 Å². The maximum atomic E-state index is 17.3. The Hall–Kier alpha value is -4.74. The second-order valence-corrected chi connectivity index (χ2v) is 13.9. The van der Waals surface area contributed by atoms with E-state index in [1.165, 1.54) is 43.4 Å². The number of aliphatic hydroxyl groups excluding tert-OH is 2. The lowest BCUT2D eigenvalue weighted by molar-refractivity contribution is -0.757. The molecule has 16 nitrogen and oxygen atoms in total. The second kappa shape index (κ2) is 13.8. The number of nitrogens with one attached hydrogen (secondary N) is 1. The van der Waals surface area contributed by atoms with Crippen LogP contribution in [-0.4, -0.2) is 104 Å². The van der Waals surface area contributed by atoms with Crippen molar-refractivity contribution >= 4 is 29.6 Å². The Morgan fingerprint density at radius 2 is 1.86 bits per heavy atom. The van der Waals surface area contributed by atoms with Crippen molar-refractivity contribution in [1.82, 2.24) is 5.32 Å². The molecule has 3 fully saturated rings. The monoisotopic (exact) mass is 718 g/mol. The number of carbonyl (C=O) groups excluding carboxylic acids is 4. The quantitative estimate of drug-likeness (QED) is 0.117. The number of carboxylic acid groups (broad SMARTS) is 1. The third-order valence-electron chi connectivity index (χ3n) is 11.3. The molecule has 0 saturated heterocycles. The van der Waals surface area contributed by atoms with Crippen LogP contribution in [0.15, 0.2) is 48.1 Å². The van der Waals surface area contributed by atoms with Gasteiger partial charge >= 0.3 is 18.0 Å². The number of ether oxygens (including phenoxy) is 2. The minimum Gasteiger partial charge on any atom is -0.480 e. The summed E-state index contributed by atoms with van der Waals surface area (Å²) in [6, 6.07) is 3.93. The van der Waals surface area contributed by atoms with Crippen molar-refractivity contribution in [1.29, 1.82) is 0 Å². The maximum absolute atomic E-state index is 17.3. The first-order valence-electron chi connectivity index (χ1n) is 16.3. The van der Waals surface area contributed by atoms with Gasteiger partial charge in [-0.3, -0.25) is 9.59 Å². The number of hydrogen-bond donors (Lipinski definition) is 5. The molecule has 0 aromatic heterocycles. The normalized spacial score (nSPS) is 34.2. The van der Waals surface area contributed by atoms with Crippen molar-refractivity contribution in [2.75, 3.05) is 19.8 Å². The smallest absolute Gasteiger partial charge is 0.408 e. The molecule has 51 heavy (non-hydrogen) atoms. The van der Waals surface area contributed by atoms with Crippen molar-refractivity contribution in [3.05, 3.63) is 69.3 Å². The van der Waals surface area contributed by atoms with E-state index >= 15 is 4.39 Å². The van der Waals surface area contributed by atoms with E-state index in [1.807, 2.05) is 5.32 Å². The number of aliphatic carboxylic acids is 1. The number of halogens is 1. The lowest BCUT2D eigenvalue weighted by Crippen LogP contribution is -2.69. The largest absolute Gasteiger partial charge is 0.480 e. The molecule has 4 aliphatic rings. The number of rotatable bonds is 12. The maximum Gasteiger partial charge on any atom is 0.408 e. The van der Waals surface area contributed by atoms with Crippen LogP contribution in [0.4, 0.5) is 9.18 Å². The summed E-state index contributed by atoms with van der Waals surface area (Å²) in [6.07, 6.45) is -0.856. The van der Waals surface area contributed by atoms with E-state index < -0.39 is 101 Å². The van der Waals surface area contributed by atoms with Crippen LogP contribution in [-0.2, 0) is 35.1 Å². The highest BCUT2D eigenvalue weighted by atomic mass is 19.1. The van der Waals surface area contributed by atoms with E-state index in [4.69, 9.17) is 9.47 Å². The molecule has 3 saturated carbocycles. The summed E-state index contributed by atoms with van der Waals surface area (Å²) >= 11 is 0. The molecule has 0 aliphatic heterocycles. The number of ketones is 2. The highest BCUT2D eigenvalue weighted by Gasteiger charge is 2.76. The third kappa shape index (κ3) is 6.38. The van der Waals surface area contributed by atoms with Crippen LogP contribution in [0.2, 0.25) is 0 Å². The van der Waals surface area contributed by atoms with E-state index in [1.54, 1.807) is 13.0 Å². The highest BCUT2D eigenvalue weighted by molar-refractivity contribution is 6.01. The van der Waals surface area contributed by atoms with Crippen molar-refractivity contribution in [2.45, 2.75) is 75.5 Å². The molecule has 276 valence electrons. The average molecular weight is 719 g/mol. The Bertz CT molecular complexity index is 1700. The van der Waals surface area contributed by atoms with Gasteiger partial charge in [0.2, 0.25) is 5.78 Å². The molecule has 17 heteroatoms. The molecule has 0 heterocycles. The summed E-state index contributed by atoms with van der Waals surface area (Å²) in [5.74, 6) is -5.76. The topological polar surface area (TPSA) is 249 Å². The molecular weight excluding hydrogens is 679 g/mol. The fraction of sp³-hybridized carbons (Fsp3) is 0.559. The molecule has 5 N–H and O–H groups in total. The molecule has 1 unspecified atom stereocenters. The van der Waals surface area contributed by atoms with Crippen LogP contribution in [0.25, 0.3) is 0 Å². The number of hydrogen-bond acceptors (Lipinski definition) is 13. The molecule has 9 atom stereocenters. The number of nitrogens with zero attached hydrogens (tertiary/aromatic N) is 1. The highest BCUT2D eigenvalue weighted by Crippen LogP contribution is 2.69. The molecule has 5 rings (SSSR count). The summed E-state index contributed by atoms with van der Waals surface area (Å²) in [4.78, 5) is 77.1. The van der Waals surface area contributed by atoms with Gasteiger partial charge in [-0.1, -0.05) is 30.7 Å². The number of carboxylic acids is 1. The molecule has 1 aromatic carbocycles. The fourth-order valence-corrected chi connectivity index (χ4v) is 8.66. The van der Waals surface area contributed by atoms with Gasteiger partial charge in [0.1, 0.15) is 13.2 Å². The van der Waals surface area contributed by atoms with E-state index in [9.17, 15) is 54.5 Å². The Morgan fingerprint density at radius 3 is 2.55 bits per heavy atom. The van der Waals surface area contributed by atoms with Crippen LogP contribution in [0.3, 0.4) is 0 Å². The van der Waals surface area contributed by atoms with Gasteiger partial charge < -0.3 is 40.1 Å². The number of alkyl halides is 1. The molecule has 0 spiro atoms. The number of amides is 1. The Balaban J connectivity index is 1.21. The first-order valence-corrected chi connectivity index (χ1v) is 16.3. The van der Waals surface area contributed by atoms with Crippen molar-refractivity contribution in [3.63, 3.8) is 0 Å². The average Bonchev–Trinajstić information content (AvgIpc) is 3.27. The summed E-state index contributed by atoms with van der Waals surface area (Å²) in [5.41, 5.74) is -6.76. The van der Waals surface area contributed by atoms with Crippen molar-refractivity contribution < 1.29 is 68.2 Å². The molecule has 1 aromatic rings. The summed E-state index contributed by atoms with van der Waals surface area (Å²) in [6.45, 7) is 0.805. The minimum atomic E-state index is -2.58. The van der Waals surface area contributed by atoms with Crippen LogP contribution >= 0.6 is 0 Å². The molecule has 0 bridgehead atoms. The van der Waals surface area contributed by atoms with Gasteiger partial charge in [0.15, 0.2) is 29.7 Å². The van der Waals surface area contributed by atoms with Gasteiger partial charge in [0, 0.05) is 16.7 Å². The number of carbonyl (C=O) groups is 5. The van der Waals surface area contributed by atoms with Gasteiger partial charge in [0.25, 0.3) is 5.09 Å². The molecule has 4 aliphatic carbocycles. The number of allylic oxidation sites excluding steroid dienone is 4. The molecule has 1 amide bonds. The Kier molecular flexibility index (Phi) is 10.1. The number of benzene rings is 1. The number of esters is 1. The SMILES string of the molecule is C[C@]12C=CC(=O)C=C1CC[C@H]1[C@@H]3C[C@@H](O)[C@](O)(C(=O)COC(=O)NC(COC(=O)c4cccc(CCO[N+](=O)[O-])c4)C(=O)O)[C@@]3(C)C[C@H](O)[C@@]12F. The predicted octanol–water partition coefficient (Wildman–Crippen LogP) is 1.42. The third-order valence-corrected chi connectivity index (χ3v) is 11.3. The number of Topliss-reactive ketones (excluding diaryl/α,β-unsaturated/α-hetero) is 1. The van der Waals surface area contributed by atoms with Crippen LogP contribution in [0.1, 0.15) is 55.5 Å². The fourth-order valence-electron chi connectivity index (χ4n) is 8.66. The molecule has 0 radical (unpaired) electrons. The number of fused-ring (bicyclic) bond motifs is 5. The number of alkyl carbamates (subject to hydrolysis) is 1. The standard InChI is InChI=1S/C34H39FN2O14/c1-31-10-8-21(38)13-20(31)6-7-22-23-14-25(39)34(46,32(23,2)15-26(40)33(22,31)35)27(41)17-50-30(45)36-24(28(42)43)16-49-29(44)19-5-3-4-18(12-19)9-11-51-37(47)48/h3-5,8,10,12-13,22-26,39-40,46H,6-7,9,11,14-17H2,1-2H3,(H,36,45)(H,42,43)/t22-,23-,24?,25+,26-,31-,32-,33-,34-/m0/s1. The van der Waals surface area contributed by atoms with Gasteiger partial charge in [-0.05, 0) is 74.8 Å². The van der Waals surface area contributed by atoms with Crippen LogP contribution < -0.4 is 5.32 Å². The van der Waals surface area contributed by atoms with E-state index in [0.29, 0.717) is 17.6 Å². The van der Waals surface area contributed by atoms with Gasteiger partial charge in [-0.15, -0.1) is 10.1 Å². The zero-order chi connectivity index (χ0) is 37.5. The van der Waals surface area contributed by atoms with E-state index in [-0.39, 0.29) is 37.2 Å². The zero-order valence-corrected chi connectivity index (χ0v) is 27.8. The van der Waals surface area contributed by atoms with E-state index in [2.05, 4.69) is 4.84 Å². The van der Waals surface area contributed by atoms with Gasteiger partial charge in [-0.2, -0.15) is 0 Å². The predicted molar refractivity (Wildman–Crippen MR) is 169 cm³/mol.